The Balaban J connectivity index is 1.98. The number of furan rings is 1. The number of ketones is 1. The minimum atomic E-state index is -0.439. The summed E-state index contributed by atoms with van der Waals surface area (Å²) in [5.74, 6) is -0.391. The van der Waals surface area contributed by atoms with Gasteiger partial charge in [-0.1, -0.05) is 41.9 Å². The number of aromatic amines is 1. The molecule has 2 aromatic carbocycles. The molecule has 0 fully saturated rings. The van der Waals surface area contributed by atoms with Crippen LogP contribution in [0.25, 0.3) is 28.1 Å². The Labute approximate surface area is 159 Å². The molecule has 0 unspecified atom stereocenters. The maximum absolute atomic E-state index is 12.9. The lowest BCUT2D eigenvalue weighted by atomic mass is 9.94. The lowest BCUT2D eigenvalue weighted by Gasteiger charge is -2.11. The first kappa shape index (κ1) is 17.1. The average molecular weight is 376 g/mol. The molecule has 5 heteroatoms. The number of rotatable bonds is 4. The fourth-order valence-electron chi connectivity index (χ4n) is 3.03. The van der Waals surface area contributed by atoms with E-state index in [0.29, 0.717) is 21.5 Å². The number of H-pyrrole nitrogens is 1. The fourth-order valence-corrected chi connectivity index (χ4v) is 3.20. The highest BCUT2D eigenvalue weighted by atomic mass is 35.5. The van der Waals surface area contributed by atoms with E-state index in [-0.39, 0.29) is 5.56 Å². The molecule has 27 heavy (non-hydrogen) atoms. The highest BCUT2D eigenvalue weighted by Crippen LogP contribution is 2.31. The van der Waals surface area contributed by atoms with Gasteiger partial charge in [-0.15, -0.1) is 0 Å². The zero-order chi connectivity index (χ0) is 18.8. The molecule has 0 amide bonds. The molecule has 0 aliphatic rings. The summed E-state index contributed by atoms with van der Waals surface area (Å²) >= 11 is 6.18. The first-order chi connectivity index (χ1) is 13.1. The van der Waals surface area contributed by atoms with Gasteiger partial charge in [0.1, 0.15) is 0 Å². The van der Waals surface area contributed by atoms with Gasteiger partial charge in [0.25, 0.3) is 5.56 Å². The van der Waals surface area contributed by atoms with Gasteiger partial charge < -0.3 is 9.40 Å². The highest BCUT2D eigenvalue weighted by Gasteiger charge is 2.19. The van der Waals surface area contributed by atoms with Crippen LogP contribution in [0, 0.1) is 0 Å². The Kier molecular flexibility index (Phi) is 4.48. The van der Waals surface area contributed by atoms with Crippen molar-refractivity contribution in [2.45, 2.75) is 0 Å². The van der Waals surface area contributed by atoms with Crippen molar-refractivity contribution in [2.75, 3.05) is 0 Å². The van der Waals surface area contributed by atoms with Crippen LogP contribution in [0.5, 0.6) is 0 Å². The number of nitrogens with one attached hydrogen (secondary N) is 1. The second kappa shape index (κ2) is 7.09. The van der Waals surface area contributed by atoms with Crippen LogP contribution in [-0.4, -0.2) is 10.8 Å². The number of allylic oxidation sites excluding steroid dienone is 1. The smallest absolute Gasteiger partial charge is 0.260 e. The Hall–Kier alpha value is -3.37. The lowest BCUT2D eigenvalue weighted by molar-refractivity contribution is 0.104. The SMILES string of the molecule is O=C(C=Cc1ccoc1)c1c(-c2ccccc2)c2cc(Cl)ccc2[nH]c1=O. The number of fused-ring (bicyclic) bond motifs is 1. The van der Waals surface area contributed by atoms with E-state index in [1.807, 2.05) is 30.3 Å². The van der Waals surface area contributed by atoms with Crippen molar-refractivity contribution in [3.8, 4) is 11.1 Å². The van der Waals surface area contributed by atoms with Crippen molar-refractivity contribution < 1.29 is 9.21 Å². The van der Waals surface area contributed by atoms with Crippen LogP contribution in [0.15, 0.2) is 82.4 Å². The zero-order valence-corrected chi connectivity index (χ0v) is 14.9. The zero-order valence-electron chi connectivity index (χ0n) is 14.1. The van der Waals surface area contributed by atoms with Gasteiger partial charge in [-0.3, -0.25) is 9.59 Å². The van der Waals surface area contributed by atoms with Crippen molar-refractivity contribution in [1.29, 1.82) is 0 Å². The van der Waals surface area contributed by atoms with Crippen molar-refractivity contribution in [1.82, 2.24) is 4.98 Å². The van der Waals surface area contributed by atoms with E-state index in [9.17, 15) is 9.59 Å². The predicted octanol–water partition coefficient (Wildman–Crippen LogP) is 5.34. The van der Waals surface area contributed by atoms with Crippen molar-refractivity contribution in [3.05, 3.63) is 99.7 Å². The van der Waals surface area contributed by atoms with Gasteiger partial charge in [0.2, 0.25) is 0 Å². The minimum Gasteiger partial charge on any atom is -0.472 e. The maximum Gasteiger partial charge on any atom is 0.260 e. The summed E-state index contributed by atoms with van der Waals surface area (Å²) in [6.45, 7) is 0. The minimum absolute atomic E-state index is 0.0794. The number of hydrogen-bond donors (Lipinski definition) is 1. The molecule has 4 rings (SSSR count). The highest BCUT2D eigenvalue weighted by molar-refractivity contribution is 6.31. The normalized spacial score (nSPS) is 11.3. The molecule has 2 aromatic heterocycles. The summed E-state index contributed by atoms with van der Waals surface area (Å²) in [5, 5.41) is 1.24. The van der Waals surface area contributed by atoms with Crippen LogP contribution in [0.4, 0.5) is 0 Å². The lowest BCUT2D eigenvalue weighted by Crippen LogP contribution is -2.18. The van der Waals surface area contributed by atoms with Gasteiger partial charge in [0.05, 0.1) is 18.1 Å². The first-order valence-corrected chi connectivity index (χ1v) is 8.67. The number of benzene rings is 2. The van der Waals surface area contributed by atoms with Crippen LogP contribution >= 0.6 is 11.6 Å². The third kappa shape index (κ3) is 3.35. The molecule has 0 spiro atoms. The quantitative estimate of drug-likeness (QED) is 0.387. The third-order valence-electron chi connectivity index (χ3n) is 4.26. The standard InChI is InChI=1S/C22H14ClNO3/c23-16-7-8-18-17(12-16)20(15-4-2-1-3-5-15)21(22(26)24-18)19(25)9-6-14-10-11-27-13-14/h1-13H,(H,24,26). The molecule has 0 atom stereocenters. The van der Waals surface area contributed by atoms with E-state index in [1.54, 1.807) is 30.3 Å². The Morgan fingerprint density at radius 1 is 1.07 bits per heavy atom. The Bertz CT molecular complexity index is 1210. The number of pyridine rings is 1. The predicted molar refractivity (Wildman–Crippen MR) is 107 cm³/mol. The molecule has 2 heterocycles. The molecule has 1 N–H and O–H groups in total. The van der Waals surface area contributed by atoms with Crippen molar-refractivity contribution in [2.24, 2.45) is 0 Å². The molecule has 0 saturated carbocycles. The number of aromatic nitrogens is 1. The summed E-state index contributed by atoms with van der Waals surface area (Å²) in [4.78, 5) is 28.4. The Morgan fingerprint density at radius 3 is 2.63 bits per heavy atom. The van der Waals surface area contributed by atoms with Crippen LogP contribution in [0.1, 0.15) is 15.9 Å². The molecule has 4 aromatic rings. The molecule has 132 valence electrons. The Morgan fingerprint density at radius 2 is 1.89 bits per heavy atom. The van der Waals surface area contributed by atoms with Crippen LogP contribution in [0.2, 0.25) is 5.02 Å². The fraction of sp³-hybridized carbons (Fsp3) is 0. The van der Waals surface area contributed by atoms with E-state index in [0.717, 1.165) is 11.1 Å². The van der Waals surface area contributed by atoms with Gasteiger partial charge in [0.15, 0.2) is 5.78 Å². The summed E-state index contributed by atoms with van der Waals surface area (Å²) in [5.41, 5.74) is 2.35. The van der Waals surface area contributed by atoms with Gasteiger partial charge >= 0.3 is 0 Å². The third-order valence-corrected chi connectivity index (χ3v) is 4.49. The second-order valence-electron chi connectivity index (χ2n) is 6.01. The molecule has 0 radical (unpaired) electrons. The van der Waals surface area contributed by atoms with Crippen LogP contribution < -0.4 is 5.56 Å². The molecule has 0 aliphatic carbocycles. The number of halogens is 1. The molecular weight excluding hydrogens is 362 g/mol. The van der Waals surface area contributed by atoms with Crippen molar-refractivity contribution >= 4 is 34.4 Å². The summed E-state index contributed by atoms with van der Waals surface area (Å²) in [6, 6.07) is 16.3. The number of carbonyl (C=O) groups is 1. The molecule has 4 nitrogen and oxygen atoms in total. The largest absolute Gasteiger partial charge is 0.472 e. The first-order valence-electron chi connectivity index (χ1n) is 8.29. The van der Waals surface area contributed by atoms with Gasteiger partial charge in [-0.05, 0) is 42.0 Å². The van der Waals surface area contributed by atoms with E-state index in [4.69, 9.17) is 16.0 Å². The van der Waals surface area contributed by atoms with E-state index < -0.39 is 11.3 Å². The molecule has 0 saturated heterocycles. The van der Waals surface area contributed by atoms with Gasteiger partial charge in [-0.25, -0.2) is 0 Å². The van der Waals surface area contributed by atoms with Gasteiger partial charge in [-0.2, -0.15) is 0 Å². The summed E-state index contributed by atoms with van der Waals surface area (Å²) in [6.07, 6.45) is 6.02. The van der Waals surface area contributed by atoms with E-state index >= 15 is 0 Å². The molecular formula is C22H14ClNO3. The molecule has 0 bridgehead atoms. The van der Waals surface area contributed by atoms with Crippen molar-refractivity contribution in [3.63, 3.8) is 0 Å². The number of carbonyl (C=O) groups excluding carboxylic acids is 1. The maximum atomic E-state index is 12.9. The van der Waals surface area contributed by atoms with Crippen LogP contribution in [0.3, 0.4) is 0 Å². The molecule has 0 aliphatic heterocycles. The average Bonchev–Trinajstić information content (AvgIpc) is 3.20. The summed E-state index contributed by atoms with van der Waals surface area (Å²) < 4.78 is 4.99. The number of hydrogen-bond acceptors (Lipinski definition) is 3. The van der Waals surface area contributed by atoms with E-state index in [1.165, 1.54) is 18.6 Å². The monoisotopic (exact) mass is 375 g/mol. The second-order valence-corrected chi connectivity index (χ2v) is 6.45. The van der Waals surface area contributed by atoms with Gasteiger partial charge in [0, 0.05) is 27.1 Å². The topological polar surface area (TPSA) is 63.1 Å². The van der Waals surface area contributed by atoms with E-state index in [2.05, 4.69) is 4.98 Å². The summed E-state index contributed by atoms with van der Waals surface area (Å²) in [7, 11) is 0. The van der Waals surface area contributed by atoms with Crippen LogP contribution in [-0.2, 0) is 0 Å².